The number of morpholine rings is 1. The highest BCUT2D eigenvalue weighted by atomic mass is 16.5. The lowest BCUT2D eigenvalue weighted by Gasteiger charge is -2.35. The van der Waals surface area contributed by atoms with Gasteiger partial charge in [0.05, 0.1) is 18.8 Å². The van der Waals surface area contributed by atoms with Gasteiger partial charge >= 0.3 is 0 Å². The minimum atomic E-state index is 0.0554. The van der Waals surface area contributed by atoms with Crippen LogP contribution in [0.1, 0.15) is 51.5 Å². The Bertz CT molecular complexity index is 664. The first kappa shape index (κ1) is 20.9. The summed E-state index contributed by atoms with van der Waals surface area (Å²) in [6.07, 6.45) is 8.83. The molecule has 1 aliphatic heterocycles. The molecular weight excluding hydrogens is 350 g/mol. The summed E-state index contributed by atoms with van der Waals surface area (Å²) in [6.45, 7) is 8.05. The molecule has 1 amide bonds. The zero-order chi connectivity index (χ0) is 19.8. The first-order valence-electron chi connectivity index (χ1n) is 10.7. The quantitative estimate of drug-likeness (QED) is 0.670. The van der Waals surface area contributed by atoms with Crippen molar-refractivity contribution in [3.8, 4) is 0 Å². The first-order valence-corrected chi connectivity index (χ1v) is 10.7. The van der Waals surface area contributed by atoms with E-state index in [9.17, 15) is 4.79 Å². The van der Waals surface area contributed by atoms with Gasteiger partial charge in [-0.15, -0.1) is 0 Å². The van der Waals surface area contributed by atoms with E-state index in [1.807, 2.05) is 6.07 Å². The Kier molecular flexibility index (Phi) is 7.92. The number of allylic oxidation sites excluding steroid dienone is 1. The zero-order valence-corrected chi connectivity index (χ0v) is 17.4. The molecular formula is C23H35N3O2. The predicted octanol–water partition coefficient (Wildman–Crippen LogP) is 3.71. The molecule has 1 aromatic carbocycles. The summed E-state index contributed by atoms with van der Waals surface area (Å²) in [7, 11) is 0. The molecule has 2 N–H and O–H groups in total. The predicted molar refractivity (Wildman–Crippen MR) is 114 cm³/mol. The summed E-state index contributed by atoms with van der Waals surface area (Å²) in [6, 6.07) is 8.28. The molecule has 1 aromatic rings. The SMILES string of the molecule is CC1CN(Cc2ccccc2NCC(=O)NCCC2=CCCCC2)CC(C)O1. The molecule has 2 aliphatic rings. The van der Waals surface area contributed by atoms with E-state index in [-0.39, 0.29) is 18.1 Å². The Morgan fingerprint density at radius 2 is 1.96 bits per heavy atom. The molecule has 2 atom stereocenters. The number of ether oxygens (including phenoxy) is 1. The molecule has 3 rings (SSSR count). The molecule has 1 fully saturated rings. The summed E-state index contributed by atoms with van der Waals surface area (Å²) in [4.78, 5) is 14.7. The molecule has 0 saturated carbocycles. The molecule has 0 aromatic heterocycles. The number of carbonyl (C=O) groups excluding carboxylic acids is 1. The number of nitrogens with zero attached hydrogens (tertiary/aromatic N) is 1. The second-order valence-corrected chi connectivity index (χ2v) is 8.17. The van der Waals surface area contributed by atoms with Gasteiger partial charge in [0.2, 0.25) is 5.91 Å². The van der Waals surface area contributed by atoms with Gasteiger partial charge in [-0.3, -0.25) is 9.69 Å². The Labute approximate surface area is 169 Å². The fourth-order valence-corrected chi connectivity index (χ4v) is 4.22. The van der Waals surface area contributed by atoms with Crippen LogP contribution in [0.3, 0.4) is 0 Å². The highest BCUT2D eigenvalue weighted by Gasteiger charge is 2.22. The van der Waals surface area contributed by atoms with E-state index in [0.717, 1.165) is 38.3 Å². The molecule has 154 valence electrons. The van der Waals surface area contributed by atoms with Crippen LogP contribution >= 0.6 is 0 Å². The lowest BCUT2D eigenvalue weighted by atomic mass is 9.97. The van der Waals surface area contributed by atoms with Crippen LogP contribution in [0.15, 0.2) is 35.9 Å². The standard InChI is InChI=1S/C23H35N3O2/c1-18-15-26(16-19(2)28-18)17-21-10-6-7-11-22(21)25-14-23(27)24-13-12-20-8-4-3-5-9-20/h6-8,10-11,18-19,25H,3-5,9,12-17H2,1-2H3,(H,24,27). The van der Waals surface area contributed by atoms with Crippen molar-refractivity contribution in [2.45, 2.75) is 64.7 Å². The molecule has 2 unspecified atom stereocenters. The van der Waals surface area contributed by atoms with E-state index in [4.69, 9.17) is 4.74 Å². The number of hydrogen-bond acceptors (Lipinski definition) is 4. The summed E-state index contributed by atoms with van der Waals surface area (Å²) < 4.78 is 5.83. The van der Waals surface area contributed by atoms with Gasteiger partial charge in [0.15, 0.2) is 0 Å². The molecule has 0 bridgehead atoms. The normalized spacial score (nSPS) is 23.1. The third kappa shape index (κ3) is 6.64. The van der Waals surface area contributed by atoms with Crippen LogP contribution in [0.5, 0.6) is 0 Å². The molecule has 1 heterocycles. The third-order valence-corrected chi connectivity index (χ3v) is 5.50. The molecule has 1 saturated heterocycles. The van der Waals surface area contributed by atoms with Crippen LogP contribution in [0, 0.1) is 0 Å². The minimum absolute atomic E-state index is 0.0554. The Morgan fingerprint density at radius 1 is 1.18 bits per heavy atom. The Hall–Kier alpha value is -1.85. The lowest BCUT2D eigenvalue weighted by Crippen LogP contribution is -2.44. The highest BCUT2D eigenvalue weighted by Crippen LogP contribution is 2.21. The number of carbonyl (C=O) groups is 1. The van der Waals surface area contributed by atoms with Gasteiger partial charge in [0, 0.05) is 31.9 Å². The topological polar surface area (TPSA) is 53.6 Å². The molecule has 5 heteroatoms. The van der Waals surface area contributed by atoms with Crippen LogP contribution in [-0.2, 0) is 16.1 Å². The number of benzene rings is 1. The van der Waals surface area contributed by atoms with Gasteiger partial charge in [-0.25, -0.2) is 0 Å². The summed E-state index contributed by atoms with van der Waals surface area (Å²) >= 11 is 0. The second-order valence-electron chi connectivity index (χ2n) is 8.17. The van der Waals surface area contributed by atoms with Crippen LogP contribution in [0.2, 0.25) is 0 Å². The van der Waals surface area contributed by atoms with E-state index in [1.165, 1.54) is 36.8 Å². The van der Waals surface area contributed by atoms with E-state index < -0.39 is 0 Å². The number of nitrogens with one attached hydrogen (secondary N) is 2. The first-order chi connectivity index (χ1) is 13.6. The van der Waals surface area contributed by atoms with Crippen LogP contribution < -0.4 is 10.6 Å². The molecule has 1 aliphatic carbocycles. The number of rotatable bonds is 8. The number of anilines is 1. The summed E-state index contributed by atoms with van der Waals surface area (Å²) in [5, 5.41) is 6.37. The average molecular weight is 386 g/mol. The summed E-state index contributed by atoms with van der Waals surface area (Å²) in [5.41, 5.74) is 3.77. The summed E-state index contributed by atoms with van der Waals surface area (Å²) in [5.74, 6) is 0.0554. The van der Waals surface area contributed by atoms with Crippen molar-refractivity contribution in [1.82, 2.24) is 10.2 Å². The highest BCUT2D eigenvalue weighted by molar-refractivity contribution is 5.80. The van der Waals surface area contributed by atoms with Gasteiger partial charge < -0.3 is 15.4 Å². The number of amides is 1. The number of hydrogen-bond donors (Lipinski definition) is 2. The van der Waals surface area contributed by atoms with Crippen molar-refractivity contribution in [3.63, 3.8) is 0 Å². The fourth-order valence-electron chi connectivity index (χ4n) is 4.22. The van der Waals surface area contributed by atoms with Gasteiger partial charge in [0.1, 0.15) is 0 Å². The van der Waals surface area contributed by atoms with Gasteiger partial charge in [-0.05, 0) is 57.6 Å². The van der Waals surface area contributed by atoms with Crippen molar-refractivity contribution >= 4 is 11.6 Å². The van der Waals surface area contributed by atoms with Gasteiger partial charge in [-0.1, -0.05) is 29.8 Å². The monoisotopic (exact) mass is 385 g/mol. The van der Waals surface area contributed by atoms with Gasteiger partial charge in [-0.2, -0.15) is 0 Å². The fraction of sp³-hybridized carbons (Fsp3) is 0.609. The Balaban J connectivity index is 1.45. The maximum absolute atomic E-state index is 12.2. The Morgan fingerprint density at radius 3 is 2.71 bits per heavy atom. The van der Waals surface area contributed by atoms with E-state index in [0.29, 0.717) is 6.54 Å². The molecule has 0 radical (unpaired) electrons. The second kappa shape index (κ2) is 10.6. The lowest BCUT2D eigenvalue weighted by molar-refractivity contribution is -0.119. The third-order valence-electron chi connectivity index (χ3n) is 5.50. The zero-order valence-electron chi connectivity index (χ0n) is 17.4. The molecule has 5 nitrogen and oxygen atoms in total. The molecule has 0 spiro atoms. The maximum atomic E-state index is 12.2. The smallest absolute Gasteiger partial charge is 0.239 e. The average Bonchev–Trinajstić information content (AvgIpc) is 2.67. The van der Waals surface area contributed by atoms with Crippen molar-refractivity contribution < 1.29 is 9.53 Å². The van der Waals surface area contributed by atoms with Gasteiger partial charge in [0.25, 0.3) is 0 Å². The van der Waals surface area contributed by atoms with Crippen LogP contribution in [0.25, 0.3) is 0 Å². The maximum Gasteiger partial charge on any atom is 0.239 e. The van der Waals surface area contributed by atoms with Crippen molar-refractivity contribution in [2.24, 2.45) is 0 Å². The van der Waals surface area contributed by atoms with E-state index in [1.54, 1.807) is 0 Å². The van der Waals surface area contributed by atoms with Crippen molar-refractivity contribution in [3.05, 3.63) is 41.5 Å². The van der Waals surface area contributed by atoms with Crippen LogP contribution in [-0.4, -0.2) is 49.2 Å². The van der Waals surface area contributed by atoms with E-state index in [2.05, 4.69) is 53.7 Å². The van der Waals surface area contributed by atoms with Crippen molar-refractivity contribution in [1.29, 1.82) is 0 Å². The molecule has 28 heavy (non-hydrogen) atoms. The van der Waals surface area contributed by atoms with E-state index >= 15 is 0 Å². The van der Waals surface area contributed by atoms with Crippen LogP contribution in [0.4, 0.5) is 5.69 Å². The largest absolute Gasteiger partial charge is 0.376 e. The number of para-hydroxylation sites is 1. The van der Waals surface area contributed by atoms with Crippen molar-refractivity contribution in [2.75, 3.05) is 31.5 Å². The minimum Gasteiger partial charge on any atom is -0.376 e.